The van der Waals surface area contributed by atoms with E-state index in [1.165, 1.54) is 29.8 Å². The van der Waals surface area contributed by atoms with E-state index in [1.54, 1.807) is 12.3 Å². The van der Waals surface area contributed by atoms with Crippen LogP contribution in [-0.4, -0.2) is 29.0 Å². The second-order valence-electron chi connectivity index (χ2n) is 7.33. The molecule has 0 radical (unpaired) electrons. The zero-order valence-corrected chi connectivity index (χ0v) is 18.5. The number of aromatic nitrogens is 1. The van der Waals surface area contributed by atoms with Crippen molar-refractivity contribution in [2.75, 3.05) is 13.1 Å². The normalized spacial score (nSPS) is 10.8. The van der Waals surface area contributed by atoms with E-state index < -0.39 is 0 Å². The van der Waals surface area contributed by atoms with E-state index in [-0.39, 0.29) is 11.8 Å². The molecule has 1 heterocycles. The van der Waals surface area contributed by atoms with Crippen LogP contribution in [0.25, 0.3) is 0 Å². The van der Waals surface area contributed by atoms with Gasteiger partial charge in [-0.3, -0.25) is 4.90 Å². The first kappa shape index (κ1) is 23.2. The Balaban J connectivity index is 1.46. The van der Waals surface area contributed by atoms with Crippen molar-refractivity contribution < 1.29 is 13.9 Å². The van der Waals surface area contributed by atoms with Gasteiger partial charge in [-0.05, 0) is 54.0 Å². The van der Waals surface area contributed by atoms with E-state index in [4.69, 9.17) is 4.74 Å². The van der Waals surface area contributed by atoms with Crippen LogP contribution < -0.4 is 15.4 Å². The maximum atomic E-state index is 13.0. The van der Waals surface area contributed by atoms with Gasteiger partial charge in [0.25, 0.3) is 0 Å². The first-order valence-electron chi connectivity index (χ1n) is 10.8. The molecule has 3 rings (SSSR count). The van der Waals surface area contributed by atoms with Crippen LogP contribution in [0.3, 0.4) is 0 Å². The zero-order chi connectivity index (χ0) is 22.8. The van der Waals surface area contributed by atoms with Gasteiger partial charge in [0.1, 0.15) is 11.6 Å². The summed E-state index contributed by atoms with van der Waals surface area (Å²) in [5.41, 5.74) is 3.17. The van der Waals surface area contributed by atoms with Crippen LogP contribution in [-0.2, 0) is 19.6 Å². The molecule has 0 aliphatic heterocycles. The van der Waals surface area contributed by atoms with Crippen LogP contribution in [0.15, 0.2) is 66.9 Å². The van der Waals surface area contributed by atoms with Crippen molar-refractivity contribution in [3.05, 3.63) is 89.4 Å². The first-order valence-corrected chi connectivity index (χ1v) is 10.8. The topological polar surface area (TPSA) is 66.5 Å². The summed E-state index contributed by atoms with van der Waals surface area (Å²) in [5.74, 6) is 0.581. The second kappa shape index (κ2) is 11.8. The SMILES string of the molecule is CCN(CC)Cc1ccccc1CNC(=O)NCc1ccc(Oc2ccc(F)cc2)nc1. The fraction of sp³-hybridized carbons (Fsp3) is 0.280. The zero-order valence-electron chi connectivity index (χ0n) is 18.5. The summed E-state index contributed by atoms with van der Waals surface area (Å²) >= 11 is 0. The Morgan fingerprint density at radius 1 is 0.938 bits per heavy atom. The van der Waals surface area contributed by atoms with E-state index in [2.05, 4.69) is 40.4 Å². The highest BCUT2D eigenvalue weighted by Gasteiger charge is 2.08. The van der Waals surface area contributed by atoms with Gasteiger partial charge >= 0.3 is 6.03 Å². The average molecular weight is 437 g/mol. The number of carbonyl (C=O) groups is 1. The summed E-state index contributed by atoms with van der Waals surface area (Å²) in [6.45, 7) is 7.94. The third-order valence-corrected chi connectivity index (χ3v) is 5.13. The van der Waals surface area contributed by atoms with Gasteiger partial charge in [0.2, 0.25) is 5.88 Å². The maximum absolute atomic E-state index is 13.0. The molecule has 168 valence electrons. The predicted octanol–water partition coefficient (Wildman–Crippen LogP) is 4.85. The van der Waals surface area contributed by atoms with Crippen molar-refractivity contribution in [2.24, 2.45) is 0 Å². The Bertz CT molecular complexity index is 990. The van der Waals surface area contributed by atoms with E-state index in [1.807, 2.05) is 24.3 Å². The van der Waals surface area contributed by atoms with E-state index in [0.717, 1.165) is 30.8 Å². The van der Waals surface area contributed by atoms with Gasteiger partial charge in [-0.25, -0.2) is 14.2 Å². The number of halogens is 1. The fourth-order valence-electron chi connectivity index (χ4n) is 3.19. The minimum atomic E-state index is -0.322. The molecule has 0 aliphatic rings. The highest BCUT2D eigenvalue weighted by atomic mass is 19.1. The molecule has 2 aromatic carbocycles. The Hall–Kier alpha value is -3.45. The number of urea groups is 1. The van der Waals surface area contributed by atoms with Crippen LogP contribution in [0.4, 0.5) is 9.18 Å². The molecular weight excluding hydrogens is 407 g/mol. The van der Waals surface area contributed by atoms with Gasteiger partial charge in [0.05, 0.1) is 0 Å². The number of hydrogen-bond acceptors (Lipinski definition) is 4. The Labute approximate surface area is 188 Å². The van der Waals surface area contributed by atoms with Crippen LogP contribution in [0.5, 0.6) is 11.6 Å². The number of hydrogen-bond donors (Lipinski definition) is 2. The molecule has 0 saturated carbocycles. The number of nitrogens with one attached hydrogen (secondary N) is 2. The third kappa shape index (κ3) is 7.06. The molecular formula is C25H29FN4O2. The number of nitrogens with zero attached hydrogens (tertiary/aromatic N) is 2. The molecule has 3 aromatic rings. The number of benzene rings is 2. The lowest BCUT2D eigenvalue weighted by molar-refractivity contribution is 0.240. The van der Waals surface area contributed by atoms with Crippen molar-refractivity contribution in [2.45, 2.75) is 33.5 Å². The summed E-state index contributed by atoms with van der Waals surface area (Å²) < 4.78 is 18.5. The molecule has 0 bridgehead atoms. The summed E-state index contributed by atoms with van der Waals surface area (Å²) in [4.78, 5) is 18.8. The summed E-state index contributed by atoms with van der Waals surface area (Å²) in [6.07, 6.45) is 1.64. The van der Waals surface area contributed by atoms with Crippen molar-refractivity contribution >= 4 is 6.03 Å². The van der Waals surface area contributed by atoms with Crippen molar-refractivity contribution in [3.8, 4) is 11.6 Å². The number of rotatable bonds is 10. The highest BCUT2D eigenvalue weighted by Crippen LogP contribution is 2.19. The summed E-state index contributed by atoms with van der Waals surface area (Å²) in [6, 6.07) is 17.2. The molecule has 0 saturated heterocycles. The van der Waals surface area contributed by atoms with Crippen molar-refractivity contribution in [1.29, 1.82) is 0 Å². The van der Waals surface area contributed by atoms with Gasteiger partial charge in [-0.2, -0.15) is 0 Å². The molecule has 2 amide bonds. The highest BCUT2D eigenvalue weighted by molar-refractivity contribution is 5.73. The quantitative estimate of drug-likeness (QED) is 0.477. The monoisotopic (exact) mass is 436 g/mol. The molecule has 0 unspecified atom stereocenters. The Morgan fingerprint density at radius 2 is 1.62 bits per heavy atom. The molecule has 6 nitrogen and oxygen atoms in total. The van der Waals surface area contributed by atoms with Crippen LogP contribution in [0.2, 0.25) is 0 Å². The minimum Gasteiger partial charge on any atom is -0.439 e. The van der Waals surface area contributed by atoms with Gasteiger partial charge < -0.3 is 15.4 Å². The fourth-order valence-corrected chi connectivity index (χ4v) is 3.19. The molecule has 7 heteroatoms. The maximum Gasteiger partial charge on any atom is 0.315 e. The van der Waals surface area contributed by atoms with Crippen molar-refractivity contribution in [3.63, 3.8) is 0 Å². The Morgan fingerprint density at radius 3 is 2.28 bits per heavy atom. The number of carbonyl (C=O) groups excluding carboxylic acids is 1. The first-order chi connectivity index (χ1) is 15.6. The standard InChI is InChI=1S/C25H29FN4O2/c1-3-30(4-2)18-21-8-6-5-7-20(21)17-29-25(31)28-16-19-9-14-24(27-15-19)32-23-12-10-22(26)11-13-23/h5-15H,3-4,16-18H2,1-2H3,(H2,28,29,31). The van der Waals surface area contributed by atoms with Crippen LogP contribution >= 0.6 is 0 Å². The molecule has 0 spiro atoms. The molecule has 1 aromatic heterocycles. The largest absolute Gasteiger partial charge is 0.439 e. The second-order valence-corrected chi connectivity index (χ2v) is 7.33. The smallest absolute Gasteiger partial charge is 0.315 e. The lowest BCUT2D eigenvalue weighted by atomic mass is 10.1. The van der Waals surface area contributed by atoms with Gasteiger partial charge in [-0.1, -0.05) is 44.2 Å². The number of pyridine rings is 1. The predicted molar refractivity (Wildman–Crippen MR) is 123 cm³/mol. The number of amides is 2. The minimum absolute atomic E-state index is 0.241. The van der Waals surface area contributed by atoms with Crippen LogP contribution in [0, 0.1) is 5.82 Å². The molecule has 2 N–H and O–H groups in total. The molecule has 0 fully saturated rings. The van der Waals surface area contributed by atoms with Gasteiger partial charge in [0.15, 0.2) is 0 Å². The molecule has 0 aliphatic carbocycles. The summed E-state index contributed by atoms with van der Waals surface area (Å²) in [5, 5.41) is 5.77. The van der Waals surface area contributed by atoms with E-state index >= 15 is 0 Å². The van der Waals surface area contributed by atoms with Gasteiger partial charge in [-0.15, -0.1) is 0 Å². The average Bonchev–Trinajstić information content (AvgIpc) is 2.82. The van der Waals surface area contributed by atoms with Crippen molar-refractivity contribution in [1.82, 2.24) is 20.5 Å². The van der Waals surface area contributed by atoms with Crippen LogP contribution in [0.1, 0.15) is 30.5 Å². The molecule has 0 atom stereocenters. The summed E-state index contributed by atoms with van der Waals surface area (Å²) in [7, 11) is 0. The van der Waals surface area contributed by atoms with E-state index in [0.29, 0.717) is 24.7 Å². The molecule has 32 heavy (non-hydrogen) atoms. The third-order valence-electron chi connectivity index (χ3n) is 5.13. The Kier molecular flexibility index (Phi) is 8.57. The number of ether oxygens (including phenoxy) is 1. The van der Waals surface area contributed by atoms with Gasteiger partial charge in [0, 0.05) is 31.9 Å². The lowest BCUT2D eigenvalue weighted by Gasteiger charge is -2.20. The van der Waals surface area contributed by atoms with E-state index in [9.17, 15) is 9.18 Å². The lowest BCUT2D eigenvalue weighted by Crippen LogP contribution is -2.35.